The third kappa shape index (κ3) is 12.6. The first-order valence-corrected chi connectivity index (χ1v) is 25.8. The highest BCUT2D eigenvalue weighted by molar-refractivity contribution is 7.99. The Bertz CT molecular complexity index is 2500. The van der Waals surface area contributed by atoms with Crippen molar-refractivity contribution in [3.05, 3.63) is 160 Å². The Hall–Kier alpha value is -5.84. The maximum absolute atomic E-state index is 15.2. The summed E-state index contributed by atoms with van der Waals surface area (Å²) in [6.45, 7) is 5.28. The lowest BCUT2D eigenvalue weighted by Crippen LogP contribution is -2.70. The number of non-ortho nitro benzene ring substituents is 1. The predicted molar refractivity (Wildman–Crippen MR) is 271 cm³/mol. The molecule has 7 atom stereocenters. The van der Waals surface area contributed by atoms with Crippen LogP contribution in [0.5, 0.6) is 11.5 Å². The number of fused-ring (bicyclic) bond motifs is 2. The first kappa shape index (κ1) is 51.5. The number of aliphatic hydroxyl groups excluding tert-OH is 2. The summed E-state index contributed by atoms with van der Waals surface area (Å²) in [5, 5.41) is 36.5. The molecule has 71 heavy (non-hydrogen) atoms. The Labute approximate surface area is 419 Å². The van der Waals surface area contributed by atoms with Crippen LogP contribution in [0.4, 0.5) is 10.1 Å². The van der Waals surface area contributed by atoms with Gasteiger partial charge in [-0.1, -0.05) is 60.5 Å². The molecule has 1 saturated carbocycles. The SMILES string of the molecule is C=CCOC12Oc3ccc(OCCSc4ccccc4)cc3C3C(CCCCO)C(CCCCO)C=C(C(=NOC4CCCCO4)CC1N(Cc1ccc(F)cc1)C(=O)C=Cc1ccc([N+](=O)[O-])cc1)C32. The van der Waals surface area contributed by atoms with Gasteiger partial charge in [-0.2, -0.15) is 0 Å². The van der Waals surface area contributed by atoms with Crippen LogP contribution in [0.2, 0.25) is 0 Å². The molecule has 0 spiro atoms. The number of halogens is 1. The lowest BCUT2D eigenvalue weighted by atomic mass is 9.55. The zero-order valence-corrected chi connectivity index (χ0v) is 40.8. The number of rotatable bonds is 24. The molecule has 0 bridgehead atoms. The molecule has 4 aliphatic rings. The van der Waals surface area contributed by atoms with E-state index in [2.05, 4.69) is 30.9 Å². The van der Waals surface area contributed by atoms with E-state index in [1.165, 1.54) is 30.3 Å². The second-order valence-electron chi connectivity index (χ2n) is 18.5. The number of carbonyl (C=O) groups excluding carboxylic acids is 1. The van der Waals surface area contributed by atoms with Gasteiger partial charge in [-0.3, -0.25) is 14.9 Å². The fraction of sp³-hybridized carbons (Fsp3) is 0.429. The predicted octanol–water partition coefficient (Wildman–Crippen LogP) is 10.8. The molecular formula is C56H64FN3O10S. The number of hydrogen-bond donors (Lipinski definition) is 2. The zero-order chi connectivity index (χ0) is 49.6. The Morgan fingerprint density at radius 3 is 2.48 bits per heavy atom. The van der Waals surface area contributed by atoms with E-state index in [0.717, 1.165) is 60.3 Å². The van der Waals surface area contributed by atoms with Gasteiger partial charge in [-0.15, -0.1) is 18.3 Å². The molecule has 1 amide bonds. The molecule has 2 aliphatic heterocycles. The van der Waals surface area contributed by atoms with E-state index in [-0.39, 0.29) is 56.2 Å². The second-order valence-corrected chi connectivity index (χ2v) is 19.6. The zero-order valence-electron chi connectivity index (χ0n) is 40.0. The number of unbranched alkanes of at least 4 members (excludes halogenated alkanes) is 2. The Balaban J connectivity index is 1.29. The minimum atomic E-state index is -1.56. The summed E-state index contributed by atoms with van der Waals surface area (Å²) < 4.78 is 41.6. The molecule has 8 rings (SSSR count). The molecule has 4 aromatic rings. The number of nitro benzene ring substituents is 1. The van der Waals surface area contributed by atoms with Gasteiger partial charge < -0.3 is 38.9 Å². The van der Waals surface area contributed by atoms with Gasteiger partial charge in [0.05, 0.1) is 36.4 Å². The molecule has 15 heteroatoms. The van der Waals surface area contributed by atoms with Gasteiger partial charge in [-0.05, 0) is 128 Å². The summed E-state index contributed by atoms with van der Waals surface area (Å²) in [5.74, 6) is -1.27. The van der Waals surface area contributed by atoms with Gasteiger partial charge in [0, 0.05) is 72.9 Å². The van der Waals surface area contributed by atoms with Crippen molar-refractivity contribution in [1.82, 2.24) is 4.90 Å². The summed E-state index contributed by atoms with van der Waals surface area (Å²) >= 11 is 1.72. The molecule has 2 aliphatic carbocycles. The average Bonchev–Trinajstić information content (AvgIpc) is 3.39. The van der Waals surface area contributed by atoms with Crippen molar-refractivity contribution in [2.45, 2.75) is 99.7 Å². The fourth-order valence-corrected chi connectivity index (χ4v) is 11.3. The molecule has 376 valence electrons. The molecule has 7 unspecified atom stereocenters. The lowest BCUT2D eigenvalue weighted by Gasteiger charge is -2.60. The van der Waals surface area contributed by atoms with Crippen molar-refractivity contribution >= 4 is 35.1 Å². The van der Waals surface area contributed by atoms with Crippen molar-refractivity contribution in [3.8, 4) is 11.5 Å². The molecule has 0 radical (unpaired) electrons. The van der Waals surface area contributed by atoms with Crippen LogP contribution in [-0.2, 0) is 25.7 Å². The Kier molecular flexibility index (Phi) is 18.1. The summed E-state index contributed by atoms with van der Waals surface area (Å²) in [6, 6.07) is 27.2. The van der Waals surface area contributed by atoms with Crippen molar-refractivity contribution in [1.29, 1.82) is 0 Å². The molecule has 0 aromatic heterocycles. The van der Waals surface area contributed by atoms with E-state index in [4.69, 9.17) is 28.9 Å². The van der Waals surface area contributed by atoms with E-state index in [1.807, 2.05) is 30.3 Å². The van der Waals surface area contributed by atoms with Gasteiger partial charge in [-0.25, -0.2) is 4.39 Å². The molecule has 4 aromatic carbocycles. The minimum absolute atomic E-state index is 0.0145. The number of nitro groups is 1. The number of ether oxygens (including phenoxy) is 4. The summed E-state index contributed by atoms with van der Waals surface area (Å²) in [6.07, 6.45) is 13.4. The number of amides is 1. The van der Waals surface area contributed by atoms with E-state index < -0.39 is 40.7 Å². The van der Waals surface area contributed by atoms with Crippen LogP contribution in [0.15, 0.2) is 137 Å². The van der Waals surface area contributed by atoms with Gasteiger partial charge in [0.15, 0.2) is 0 Å². The van der Waals surface area contributed by atoms with Crippen molar-refractivity contribution in [2.75, 3.05) is 38.8 Å². The molecule has 13 nitrogen and oxygen atoms in total. The standard InChI is InChI=1S/C56H64FN3O10S/c1-2-31-68-56-51(59(38-40-17-22-42(57)23-18-40)52(63)28-21-39-19-24-43(25-20-39)60(64)65)37-49(58-70-53-16-8-11-32-67-53)47-35-41(12-6-9-29-61)46(15-7-10-30-62)54(55(47)56)48-36-44(26-27-50(48)69-56)66-33-34-71-45-13-4-3-5-14-45/h2-5,13-14,17-28,35-36,41,46,51,53-55,61-62H,1,6-12,15-16,29-34,37-38H2. The highest BCUT2D eigenvalue weighted by atomic mass is 32.2. The monoisotopic (exact) mass is 989 g/mol. The number of nitrogens with zero attached hydrogens (tertiary/aromatic N) is 3. The van der Waals surface area contributed by atoms with Crippen LogP contribution in [0.25, 0.3) is 6.08 Å². The normalized spacial score (nSPS) is 24.0. The highest BCUT2D eigenvalue weighted by Crippen LogP contribution is 2.62. The number of oxime groups is 1. The van der Waals surface area contributed by atoms with E-state index in [9.17, 15) is 24.7 Å². The number of thioether (sulfide) groups is 1. The molecule has 2 heterocycles. The summed E-state index contributed by atoms with van der Waals surface area (Å²) in [7, 11) is 0. The summed E-state index contributed by atoms with van der Waals surface area (Å²) in [4.78, 5) is 35.4. The average molecular weight is 990 g/mol. The topological polar surface area (TPSA) is 162 Å². The minimum Gasteiger partial charge on any atom is -0.493 e. The quantitative estimate of drug-likeness (QED) is 0.0172. The number of allylic oxidation sites excluding steroid dienone is 1. The smallest absolute Gasteiger partial charge is 0.269 e. The first-order chi connectivity index (χ1) is 34.7. The van der Waals surface area contributed by atoms with Crippen molar-refractivity contribution in [2.24, 2.45) is 22.9 Å². The van der Waals surface area contributed by atoms with E-state index >= 15 is 4.79 Å². The molecule has 2 N–H and O–H groups in total. The van der Waals surface area contributed by atoms with Crippen LogP contribution >= 0.6 is 11.8 Å². The number of benzene rings is 4. The van der Waals surface area contributed by atoms with Crippen LogP contribution in [0, 0.1) is 33.7 Å². The van der Waals surface area contributed by atoms with Crippen LogP contribution in [0.3, 0.4) is 0 Å². The van der Waals surface area contributed by atoms with E-state index in [1.54, 1.807) is 53.1 Å². The number of carbonyl (C=O) groups is 1. The number of hydrogen-bond acceptors (Lipinski definition) is 12. The number of aliphatic hydroxyl groups is 2. The van der Waals surface area contributed by atoms with Gasteiger partial charge >= 0.3 is 0 Å². The van der Waals surface area contributed by atoms with Crippen LogP contribution in [0.1, 0.15) is 86.8 Å². The largest absolute Gasteiger partial charge is 0.493 e. The highest BCUT2D eigenvalue weighted by Gasteiger charge is 2.65. The van der Waals surface area contributed by atoms with Gasteiger partial charge in [0.1, 0.15) is 23.4 Å². The van der Waals surface area contributed by atoms with E-state index in [0.29, 0.717) is 60.8 Å². The van der Waals surface area contributed by atoms with Gasteiger partial charge in [0.25, 0.3) is 5.69 Å². The molecule has 1 saturated heterocycles. The van der Waals surface area contributed by atoms with Crippen LogP contribution in [-0.4, -0.2) is 88.6 Å². The maximum atomic E-state index is 15.2. The Morgan fingerprint density at radius 1 is 0.986 bits per heavy atom. The maximum Gasteiger partial charge on any atom is 0.269 e. The first-order valence-electron chi connectivity index (χ1n) is 24.9. The Morgan fingerprint density at radius 2 is 1.76 bits per heavy atom. The van der Waals surface area contributed by atoms with Crippen molar-refractivity contribution in [3.63, 3.8) is 0 Å². The lowest BCUT2D eigenvalue weighted by molar-refractivity contribution is -0.384. The third-order valence-electron chi connectivity index (χ3n) is 13.9. The molecular weight excluding hydrogens is 926 g/mol. The summed E-state index contributed by atoms with van der Waals surface area (Å²) in [5.41, 5.74) is 3.58. The second kappa shape index (κ2) is 25.0. The third-order valence-corrected chi connectivity index (χ3v) is 14.9. The van der Waals surface area contributed by atoms with Gasteiger partial charge in [0.2, 0.25) is 18.0 Å². The fourth-order valence-electron chi connectivity index (χ4n) is 10.6. The van der Waals surface area contributed by atoms with Crippen molar-refractivity contribution < 1.29 is 48.1 Å². The van der Waals surface area contributed by atoms with Crippen LogP contribution < -0.4 is 9.47 Å². The molecule has 2 fully saturated rings.